The Labute approximate surface area is 137 Å². The zero-order valence-electron chi connectivity index (χ0n) is 13.4. The van der Waals surface area contributed by atoms with Crippen molar-refractivity contribution in [1.82, 2.24) is 9.88 Å². The summed E-state index contributed by atoms with van der Waals surface area (Å²) in [6.45, 7) is 3.01. The van der Waals surface area contributed by atoms with Crippen LogP contribution in [0.4, 0.5) is 5.69 Å². The Morgan fingerprint density at radius 2 is 2.09 bits per heavy atom. The van der Waals surface area contributed by atoms with Gasteiger partial charge in [-0.05, 0) is 29.7 Å². The van der Waals surface area contributed by atoms with Gasteiger partial charge in [0.2, 0.25) is 0 Å². The minimum absolute atomic E-state index is 0.799. The Morgan fingerprint density at radius 3 is 2.83 bits per heavy atom. The topological polar surface area (TPSA) is 37.7 Å². The average Bonchev–Trinajstić information content (AvgIpc) is 2.61. The third-order valence-electron chi connectivity index (χ3n) is 3.86. The van der Waals surface area contributed by atoms with E-state index >= 15 is 0 Å². The molecule has 4 nitrogen and oxygen atoms in total. The molecule has 4 heteroatoms. The molecule has 1 aromatic carbocycles. The Kier molecular flexibility index (Phi) is 5.17. The van der Waals surface area contributed by atoms with Gasteiger partial charge in [-0.25, -0.2) is 4.99 Å². The molecule has 0 N–H and O–H groups in total. The number of aromatic nitrogens is 1. The summed E-state index contributed by atoms with van der Waals surface area (Å²) in [5.74, 6) is 0. The molecular weight excluding hydrogens is 286 g/mol. The number of aliphatic imine (C=N–C) groups is 1. The van der Waals surface area contributed by atoms with Gasteiger partial charge in [-0.15, -0.1) is 0 Å². The van der Waals surface area contributed by atoms with Crippen molar-refractivity contribution in [2.45, 2.75) is 13.0 Å². The summed E-state index contributed by atoms with van der Waals surface area (Å²) in [5, 5.41) is 0. The number of rotatable bonds is 5. The highest BCUT2D eigenvalue weighted by molar-refractivity contribution is 5.66. The van der Waals surface area contributed by atoms with Crippen LogP contribution in [0.1, 0.15) is 17.7 Å². The third kappa shape index (κ3) is 4.27. The van der Waals surface area contributed by atoms with E-state index in [2.05, 4.69) is 51.3 Å². The predicted molar refractivity (Wildman–Crippen MR) is 93.7 cm³/mol. The third-order valence-corrected chi connectivity index (χ3v) is 3.86. The highest BCUT2D eigenvalue weighted by atomic mass is 16.5. The van der Waals surface area contributed by atoms with Crippen molar-refractivity contribution in [3.63, 3.8) is 0 Å². The van der Waals surface area contributed by atoms with Gasteiger partial charge in [-0.3, -0.25) is 9.88 Å². The summed E-state index contributed by atoms with van der Waals surface area (Å²) in [6, 6.07) is 14.6. The lowest BCUT2D eigenvalue weighted by Gasteiger charge is -2.27. The number of benzene rings is 1. The smallest absolute Gasteiger partial charge is 0.174 e. The van der Waals surface area contributed by atoms with Gasteiger partial charge < -0.3 is 4.74 Å². The van der Waals surface area contributed by atoms with Gasteiger partial charge in [0.25, 0.3) is 0 Å². The molecule has 0 bridgehead atoms. The van der Waals surface area contributed by atoms with Crippen LogP contribution in [0.5, 0.6) is 0 Å². The molecular formula is C19H21N3O. The summed E-state index contributed by atoms with van der Waals surface area (Å²) in [7, 11) is 1.58. The maximum Gasteiger partial charge on any atom is 0.174 e. The van der Waals surface area contributed by atoms with E-state index in [-0.39, 0.29) is 0 Å². The Hall–Kier alpha value is -2.46. The second-order valence-electron chi connectivity index (χ2n) is 5.59. The number of nitrogens with zero attached hydrogens (tertiary/aromatic N) is 3. The normalized spacial score (nSPS) is 15.6. The van der Waals surface area contributed by atoms with Crippen molar-refractivity contribution in [3.8, 4) is 0 Å². The largest absolute Gasteiger partial charge is 0.486 e. The van der Waals surface area contributed by atoms with Crippen LogP contribution in [0, 0.1) is 0 Å². The fourth-order valence-corrected chi connectivity index (χ4v) is 2.73. The van der Waals surface area contributed by atoms with Crippen molar-refractivity contribution in [2.24, 2.45) is 4.99 Å². The first-order valence-corrected chi connectivity index (χ1v) is 7.82. The summed E-state index contributed by atoms with van der Waals surface area (Å²) < 4.78 is 4.83. The minimum Gasteiger partial charge on any atom is -0.486 e. The quantitative estimate of drug-likeness (QED) is 0.625. The van der Waals surface area contributed by atoms with E-state index in [0.29, 0.717) is 0 Å². The van der Waals surface area contributed by atoms with Crippen molar-refractivity contribution in [1.29, 1.82) is 0 Å². The molecule has 0 spiro atoms. The van der Waals surface area contributed by atoms with Crippen LogP contribution >= 0.6 is 0 Å². The Bertz CT molecular complexity index is 678. The van der Waals surface area contributed by atoms with Crippen LogP contribution in [0.3, 0.4) is 0 Å². The number of hydrogen-bond acceptors (Lipinski definition) is 4. The maximum absolute atomic E-state index is 4.83. The van der Waals surface area contributed by atoms with Crippen LogP contribution in [-0.2, 0) is 11.3 Å². The van der Waals surface area contributed by atoms with Crippen molar-refractivity contribution in [3.05, 3.63) is 66.0 Å². The standard InChI is InChI=1S/C19H21N3O/c1-23-15-21-18-9-10-19(20-12-18)17-8-5-11-22(14-17)13-16-6-3-2-4-7-16/h2-4,6-10,12,15H,5,11,13-14H2,1H3/b21-15-. The molecule has 23 heavy (non-hydrogen) atoms. The lowest BCUT2D eigenvalue weighted by molar-refractivity contribution is 0.296. The Morgan fingerprint density at radius 1 is 1.22 bits per heavy atom. The molecule has 0 fully saturated rings. The molecule has 0 atom stereocenters. The zero-order valence-corrected chi connectivity index (χ0v) is 13.4. The molecule has 1 aliphatic heterocycles. The lowest BCUT2D eigenvalue weighted by atomic mass is 10.0. The average molecular weight is 307 g/mol. The fourth-order valence-electron chi connectivity index (χ4n) is 2.73. The summed E-state index contributed by atoms with van der Waals surface area (Å²) >= 11 is 0. The van der Waals surface area contributed by atoms with E-state index in [1.165, 1.54) is 17.5 Å². The fraction of sp³-hybridized carbons (Fsp3) is 0.263. The first kappa shape index (κ1) is 15.4. The van der Waals surface area contributed by atoms with E-state index < -0.39 is 0 Å². The molecule has 3 rings (SSSR count). The summed E-state index contributed by atoms with van der Waals surface area (Å²) in [4.78, 5) is 11.1. The predicted octanol–water partition coefficient (Wildman–Crippen LogP) is 3.68. The second kappa shape index (κ2) is 7.70. The molecule has 2 aromatic rings. The summed E-state index contributed by atoms with van der Waals surface area (Å²) in [5.41, 5.74) is 4.47. The molecule has 1 aromatic heterocycles. The van der Waals surface area contributed by atoms with E-state index in [9.17, 15) is 0 Å². The van der Waals surface area contributed by atoms with Gasteiger partial charge in [0.1, 0.15) is 0 Å². The van der Waals surface area contributed by atoms with Gasteiger partial charge in [-0.2, -0.15) is 0 Å². The second-order valence-corrected chi connectivity index (χ2v) is 5.59. The van der Waals surface area contributed by atoms with E-state index in [4.69, 9.17) is 4.74 Å². The van der Waals surface area contributed by atoms with Gasteiger partial charge >= 0.3 is 0 Å². The van der Waals surface area contributed by atoms with Gasteiger partial charge in [-0.1, -0.05) is 36.4 Å². The number of ether oxygens (including phenoxy) is 1. The Balaban J connectivity index is 1.66. The highest BCUT2D eigenvalue weighted by Gasteiger charge is 2.15. The van der Waals surface area contributed by atoms with Crippen LogP contribution in [-0.4, -0.2) is 36.5 Å². The monoisotopic (exact) mass is 307 g/mol. The molecule has 0 saturated carbocycles. The van der Waals surface area contributed by atoms with E-state index in [0.717, 1.165) is 37.4 Å². The first-order valence-electron chi connectivity index (χ1n) is 7.82. The number of hydrogen-bond donors (Lipinski definition) is 0. The van der Waals surface area contributed by atoms with Crippen LogP contribution in [0.25, 0.3) is 5.57 Å². The van der Waals surface area contributed by atoms with Crippen LogP contribution in [0.15, 0.2) is 59.7 Å². The molecule has 0 saturated heterocycles. The first-order chi connectivity index (χ1) is 11.3. The zero-order chi connectivity index (χ0) is 15.9. The highest BCUT2D eigenvalue weighted by Crippen LogP contribution is 2.22. The van der Waals surface area contributed by atoms with E-state index in [1.807, 2.05) is 12.1 Å². The maximum atomic E-state index is 4.83. The minimum atomic E-state index is 0.799. The molecule has 118 valence electrons. The molecule has 0 radical (unpaired) electrons. The number of methoxy groups -OCH3 is 1. The van der Waals surface area contributed by atoms with Gasteiger partial charge in [0.15, 0.2) is 6.40 Å². The molecule has 0 amide bonds. The molecule has 1 aliphatic rings. The molecule has 0 aliphatic carbocycles. The van der Waals surface area contributed by atoms with Crippen molar-refractivity contribution < 1.29 is 4.74 Å². The van der Waals surface area contributed by atoms with Gasteiger partial charge in [0, 0.05) is 19.6 Å². The van der Waals surface area contributed by atoms with Crippen LogP contribution < -0.4 is 0 Å². The molecule has 0 unspecified atom stereocenters. The van der Waals surface area contributed by atoms with Crippen molar-refractivity contribution >= 4 is 17.7 Å². The van der Waals surface area contributed by atoms with E-state index in [1.54, 1.807) is 13.3 Å². The van der Waals surface area contributed by atoms with Crippen molar-refractivity contribution in [2.75, 3.05) is 20.2 Å². The van der Waals surface area contributed by atoms with Crippen LogP contribution in [0.2, 0.25) is 0 Å². The number of pyridine rings is 1. The van der Waals surface area contributed by atoms with Gasteiger partial charge in [0.05, 0.1) is 24.7 Å². The lowest BCUT2D eigenvalue weighted by Crippen LogP contribution is -2.29. The summed E-state index contributed by atoms with van der Waals surface area (Å²) in [6.07, 6.45) is 6.55. The molecule has 2 heterocycles. The SMILES string of the molecule is CO/C=N\c1ccc(C2=CCCN(Cc3ccccc3)C2)nc1.